The zero-order chi connectivity index (χ0) is 17.0. The third kappa shape index (κ3) is 5.18. The SMILES string of the molecule is CCCC(N)C(=O)NC(C)c1nc(-c2ccc(Cl)cc2)c(C)s1.Cl. The van der Waals surface area contributed by atoms with Gasteiger partial charge >= 0.3 is 0 Å². The summed E-state index contributed by atoms with van der Waals surface area (Å²) in [5.41, 5.74) is 7.81. The molecule has 1 aromatic carbocycles. The highest BCUT2D eigenvalue weighted by atomic mass is 35.5. The van der Waals surface area contributed by atoms with Crippen LogP contribution in [0.3, 0.4) is 0 Å². The molecule has 0 aliphatic carbocycles. The van der Waals surface area contributed by atoms with E-state index in [9.17, 15) is 4.79 Å². The summed E-state index contributed by atoms with van der Waals surface area (Å²) in [6, 6.07) is 6.99. The Morgan fingerprint density at radius 2 is 2.00 bits per heavy atom. The van der Waals surface area contributed by atoms with Crippen LogP contribution in [0.4, 0.5) is 0 Å². The number of benzene rings is 1. The van der Waals surface area contributed by atoms with Gasteiger partial charge in [-0.2, -0.15) is 0 Å². The number of aryl methyl sites for hydroxylation is 1. The number of nitrogens with zero attached hydrogens (tertiary/aromatic N) is 1. The molecule has 1 aromatic heterocycles. The minimum absolute atomic E-state index is 0. The Kier molecular flexibility index (Phi) is 8.16. The van der Waals surface area contributed by atoms with Gasteiger partial charge in [-0.3, -0.25) is 4.79 Å². The van der Waals surface area contributed by atoms with Gasteiger partial charge in [0, 0.05) is 15.5 Å². The van der Waals surface area contributed by atoms with Crippen molar-refractivity contribution in [2.24, 2.45) is 5.73 Å². The predicted octanol–water partition coefficient (Wildman–Crippen LogP) is 4.50. The molecule has 3 N–H and O–H groups in total. The third-order valence-electron chi connectivity index (χ3n) is 3.60. The molecule has 132 valence electrons. The highest BCUT2D eigenvalue weighted by Gasteiger charge is 2.19. The average molecular weight is 388 g/mol. The molecule has 0 bridgehead atoms. The Morgan fingerprint density at radius 3 is 2.58 bits per heavy atom. The molecule has 0 radical (unpaired) electrons. The molecule has 24 heavy (non-hydrogen) atoms. The van der Waals surface area contributed by atoms with Crippen molar-refractivity contribution in [3.8, 4) is 11.3 Å². The summed E-state index contributed by atoms with van der Waals surface area (Å²) in [4.78, 5) is 17.8. The maximum atomic E-state index is 12.0. The maximum Gasteiger partial charge on any atom is 0.237 e. The van der Waals surface area contributed by atoms with Crippen LogP contribution in [0.1, 0.15) is 42.6 Å². The van der Waals surface area contributed by atoms with Gasteiger partial charge in [0.05, 0.1) is 17.8 Å². The van der Waals surface area contributed by atoms with E-state index in [2.05, 4.69) is 10.3 Å². The average Bonchev–Trinajstić information content (AvgIpc) is 2.90. The number of nitrogens with one attached hydrogen (secondary N) is 1. The van der Waals surface area contributed by atoms with Crippen LogP contribution in [0.5, 0.6) is 0 Å². The number of thiazole rings is 1. The first kappa shape index (κ1) is 20.9. The lowest BCUT2D eigenvalue weighted by Crippen LogP contribution is -2.41. The van der Waals surface area contributed by atoms with Crippen molar-refractivity contribution in [2.75, 3.05) is 0 Å². The number of hydrogen-bond acceptors (Lipinski definition) is 4. The normalized spacial score (nSPS) is 13.0. The van der Waals surface area contributed by atoms with E-state index in [0.29, 0.717) is 11.4 Å². The smallest absolute Gasteiger partial charge is 0.237 e. The molecule has 2 unspecified atom stereocenters. The van der Waals surface area contributed by atoms with Crippen molar-refractivity contribution >= 4 is 41.3 Å². The molecular weight excluding hydrogens is 365 g/mol. The van der Waals surface area contributed by atoms with Crippen LogP contribution in [0, 0.1) is 6.92 Å². The van der Waals surface area contributed by atoms with Crippen LogP contribution in [-0.4, -0.2) is 16.9 Å². The van der Waals surface area contributed by atoms with Gasteiger partial charge in [-0.15, -0.1) is 23.7 Å². The van der Waals surface area contributed by atoms with Crippen molar-refractivity contribution in [3.63, 3.8) is 0 Å². The standard InChI is InChI=1S/C17H22ClN3OS.ClH/c1-4-5-14(19)16(22)20-10(2)17-21-15(11(3)23-17)12-6-8-13(18)9-7-12;/h6-10,14H,4-5,19H2,1-3H3,(H,20,22);1H. The van der Waals surface area contributed by atoms with Crippen molar-refractivity contribution in [1.82, 2.24) is 10.3 Å². The molecule has 2 aromatic rings. The lowest BCUT2D eigenvalue weighted by atomic mass is 10.1. The Labute approximate surface area is 158 Å². The molecule has 7 heteroatoms. The molecule has 0 aliphatic rings. The molecule has 1 heterocycles. The zero-order valence-corrected chi connectivity index (χ0v) is 16.4. The van der Waals surface area contributed by atoms with Gasteiger partial charge < -0.3 is 11.1 Å². The van der Waals surface area contributed by atoms with E-state index in [1.54, 1.807) is 11.3 Å². The van der Waals surface area contributed by atoms with Gasteiger partial charge in [0.1, 0.15) is 5.01 Å². The van der Waals surface area contributed by atoms with E-state index in [4.69, 9.17) is 17.3 Å². The lowest BCUT2D eigenvalue weighted by Gasteiger charge is -2.15. The van der Waals surface area contributed by atoms with Gasteiger partial charge in [-0.25, -0.2) is 4.98 Å². The van der Waals surface area contributed by atoms with Gasteiger partial charge in [-0.05, 0) is 32.4 Å². The van der Waals surface area contributed by atoms with E-state index in [1.807, 2.05) is 45.0 Å². The van der Waals surface area contributed by atoms with Crippen LogP contribution in [-0.2, 0) is 4.79 Å². The van der Waals surface area contributed by atoms with E-state index >= 15 is 0 Å². The van der Waals surface area contributed by atoms with Gasteiger partial charge in [0.15, 0.2) is 0 Å². The Balaban J connectivity index is 0.00000288. The Morgan fingerprint density at radius 1 is 1.38 bits per heavy atom. The maximum absolute atomic E-state index is 12.0. The van der Waals surface area contributed by atoms with E-state index in [1.165, 1.54) is 0 Å². The van der Waals surface area contributed by atoms with E-state index in [0.717, 1.165) is 27.6 Å². The fourth-order valence-corrected chi connectivity index (χ4v) is 3.37. The Hall–Kier alpha value is -1.14. The van der Waals surface area contributed by atoms with Crippen LogP contribution < -0.4 is 11.1 Å². The summed E-state index contributed by atoms with van der Waals surface area (Å²) in [5, 5.41) is 4.53. The summed E-state index contributed by atoms with van der Waals surface area (Å²) in [6.45, 7) is 5.97. The third-order valence-corrected chi connectivity index (χ3v) is 5.00. The molecular formula is C17H23Cl2N3OS. The number of hydrogen-bond donors (Lipinski definition) is 2. The van der Waals surface area contributed by atoms with Crippen LogP contribution in [0.2, 0.25) is 5.02 Å². The Bertz CT molecular complexity index is 673. The molecule has 0 spiro atoms. The molecule has 2 atom stereocenters. The zero-order valence-electron chi connectivity index (χ0n) is 14.0. The molecule has 0 fully saturated rings. The monoisotopic (exact) mass is 387 g/mol. The van der Waals surface area contributed by atoms with Gasteiger partial charge in [0.25, 0.3) is 0 Å². The molecule has 2 rings (SSSR count). The molecule has 0 aliphatic heterocycles. The van der Waals surface area contributed by atoms with Crippen molar-refractivity contribution < 1.29 is 4.79 Å². The predicted molar refractivity (Wildman–Crippen MR) is 104 cm³/mol. The quantitative estimate of drug-likeness (QED) is 0.766. The highest BCUT2D eigenvalue weighted by Crippen LogP contribution is 2.31. The molecule has 0 saturated heterocycles. The second-order valence-corrected chi connectivity index (χ2v) is 7.26. The van der Waals surface area contributed by atoms with Gasteiger partial charge in [0.2, 0.25) is 5.91 Å². The number of rotatable bonds is 6. The van der Waals surface area contributed by atoms with E-state index < -0.39 is 6.04 Å². The summed E-state index contributed by atoms with van der Waals surface area (Å²) < 4.78 is 0. The van der Waals surface area contributed by atoms with Crippen molar-refractivity contribution in [3.05, 3.63) is 39.2 Å². The number of carbonyl (C=O) groups is 1. The number of nitrogens with two attached hydrogens (primary N) is 1. The van der Waals surface area contributed by atoms with Crippen LogP contribution in [0.15, 0.2) is 24.3 Å². The highest BCUT2D eigenvalue weighted by molar-refractivity contribution is 7.12. The van der Waals surface area contributed by atoms with Crippen molar-refractivity contribution in [1.29, 1.82) is 0 Å². The van der Waals surface area contributed by atoms with Crippen molar-refractivity contribution in [2.45, 2.75) is 45.7 Å². The first-order valence-electron chi connectivity index (χ1n) is 7.71. The summed E-state index contributed by atoms with van der Waals surface area (Å²) in [6.07, 6.45) is 1.57. The van der Waals surface area contributed by atoms with Gasteiger partial charge in [-0.1, -0.05) is 37.1 Å². The fraction of sp³-hybridized carbons (Fsp3) is 0.412. The largest absolute Gasteiger partial charge is 0.346 e. The number of amides is 1. The summed E-state index contributed by atoms with van der Waals surface area (Å²) >= 11 is 7.52. The minimum atomic E-state index is -0.459. The first-order chi connectivity index (χ1) is 10.9. The first-order valence-corrected chi connectivity index (χ1v) is 8.91. The van der Waals surface area contributed by atoms with E-state index in [-0.39, 0.29) is 24.4 Å². The topological polar surface area (TPSA) is 68.0 Å². The molecule has 0 saturated carbocycles. The second-order valence-electron chi connectivity index (χ2n) is 5.59. The van der Waals surface area contributed by atoms with Crippen LogP contribution in [0.25, 0.3) is 11.3 Å². The number of aromatic nitrogens is 1. The minimum Gasteiger partial charge on any atom is -0.346 e. The summed E-state index contributed by atoms with van der Waals surface area (Å²) in [7, 11) is 0. The fourth-order valence-electron chi connectivity index (χ4n) is 2.30. The molecule has 4 nitrogen and oxygen atoms in total. The molecule has 1 amide bonds. The van der Waals surface area contributed by atoms with Crippen LogP contribution >= 0.6 is 35.3 Å². The summed E-state index contributed by atoms with van der Waals surface area (Å²) in [5.74, 6) is -0.125. The lowest BCUT2D eigenvalue weighted by molar-refractivity contribution is -0.123. The second kappa shape index (κ2) is 9.37. The number of halogens is 2. The number of carbonyl (C=O) groups excluding carboxylic acids is 1.